The molecule has 174 valence electrons. The second-order valence-electron chi connectivity index (χ2n) is 9.23. The minimum atomic E-state index is -1.19. The third-order valence-electron chi connectivity index (χ3n) is 5.67. The lowest BCUT2D eigenvalue weighted by Gasteiger charge is -2.34. The molecule has 1 fully saturated rings. The van der Waals surface area contributed by atoms with E-state index < -0.39 is 24.7 Å². The van der Waals surface area contributed by atoms with Crippen molar-refractivity contribution in [2.45, 2.75) is 46.8 Å². The van der Waals surface area contributed by atoms with Gasteiger partial charge in [0.05, 0.1) is 25.3 Å². The van der Waals surface area contributed by atoms with Crippen LogP contribution < -0.4 is 5.32 Å². The summed E-state index contributed by atoms with van der Waals surface area (Å²) in [5, 5.41) is 21.0. The second-order valence-corrected chi connectivity index (χ2v) is 9.23. The number of carboxylic acid groups (broad SMARTS) is 1. The number of aromatic hydroxyl groups is 1. The molecule has 1 aliphatic heterocycles. The van der Waals surface area contributed by atoms with Crippen molar-refractivity contribution in [3.63, 3.8) is 0 Å². The zero-order valence-corrected chi connectivity index (χ0v) is 18.9. The lowest BCUT2D eigenvalue weighted by Crippen LogP contribution is -2.37. The third-order valence-corrected chi connectivity index (χ3v) is 5.67. The monoisotopic (exact) mass is 445 g/mol. The molecule has 1 aromatic heterocycles. The number of hydrogen-bond acceptors (Lipinski definition) is 7. The van der Waals surface area contributed by atoms with E-state index in [0.717, 1.165) is 6.42 Å². The van der Waals surface area contributed by atoms with Crippen LogP contribution in [0.5, 0.6) is 5.75 Å². The maximum Gasteiger partial charge on any atom is 0.322 e. The predicted molar refractivity (Wildman–Crippen MR) is 116 cm³/mol. The van der Waals surface area contributed by atoms with Crippen LogP contribution in [0.3, 0.4) is 0 Å². The van der Waals surface area contributed by atoms with Gasteiger partial charge in [0, 0.05) is 5.92 Å². The van der Waals surface area contributed by atoms with Crippen molar-refractivity contribution in [2.24, 2.45) is 17.3 Å². The SMILES string of the molecule is Cc1nc(C[C@H]2OC[C@H](C3C=CC(C(C)(C)C)=CC3)CO2)nc(C(=O)NCC(=O)O)c1O. The van der Waals surface area contributed by atoms with Gasteiger partial charge in [-0.05, 0) is 30.3 Å². The molecule has 1 atom stereocenters. The molecule has 3 N–H and O–H groups in total. The fourth-order valence-electron chi connectivity index (χ4n) is 3.73. The maximum absolute atomic E-state index is 12.2. The van der Waals surface area contributed by atoms with E-state index in [4.69, 9.17) is 14.6 Å². The van der Waals surface area contributed by atoms with Gasteiger partial charge in [-0.15, -0.1) is 0 Å². The summed E-state index contributed by atoms with van der Waals surface area (Å²) in [6, 6.07) is 0. The predicted octanol–water partition coefficient (Wildman–Crippen LogP) is 2.39. The second kappa shape index (κ2) is 9.79. The third kappa shape index (κ3) is 5.92. The van der Waals surface area contributed by atoms with Gasteiger partial charge >= 0.3 is 5.97 Å². The fourth-order valence-corrected chi connectivity index (χ4v) is 3.73. The topological polar surface area (TPSA) is 131 Å². The summed E-state index contributed by atoms with van der Waals surface area (Å²) >= 11 is 0. The number of carbonyl (C=O) groups is 2. The lowest BCUT2D eigenvalue weighted by atomic mass is 9.78. The molecule has 1 aromatic rings. The normalized spacial score (nSPS) is 23.5. The Bertz CT molecular complexity index is 926. The summed E-state index contributed by atoms with van der Waals surface area (Å²) in [6.07, 6.45) is 7.35. The van der Waals surface area contributed by atoms with Crippen LogP contribution in [0.15, 0.2) is 23.8 Å². The number of amides is 1. The Morgan fingerprint density at radius 1 is 1.22 bits per heavy atom. The van der Waals surface area contributed by atoms with E-state index in [-0.39, 0.29) is 40.7 Å². The van der Waals surface area contributed by atoms with Gasteiger partial charge in [0.25, 0.3) is 5.91 Å². The fraction of sp³-hybridized carbons (Fsp3) is 0.565. The Kier molecular flexibility index (Phi) is 7.30. The number of allylic oxidation sites excluding steroid dienone is 4. The van der Waals surface area contributed by atoms with E-state index in [1.165, 1.54) is 5.57 Å². The number of carbonyl (C=O) groups excluding carboxylic acids is 1. The van der Waals surface area contributed by atoms with Crippen molar-refractivity contribution in [2.75, 3.05) is 19.8 Å². The number of carboxylic acids is 1. The number of nitrogens with zero attached hydrogens (tertiary/aromatic N) is 2. The summed E-state index contributed by atoms with van der Waals surface area (Å²) in [5.41, 5.74) is 1.43. The molecular formula is C23H31N3O6. The van der Waals surface area contributed by atoms with Crippen molar-refractivity contribution >= 4 is 11.9 Å². The van der Waals surface area contributed by atoms with Crippen LogP contribution in [0.4, 0.5) is 0 Å². The Balaban J connectivity index is 1.57. The van der Waals surface area contributed by atoms with Gasteiger partial charge in [-0.25, -0.2) is 9.97 Å². The quantitative estimate of drug-likeness (QED) is 0.608. The molecule has 0 bridgehead atoms. The van der Waals surface area contributed by atoms with Crippen molar-refractivity contribution in [1.82, 2.24) is 15.3 Å². The summed E-state index contributed by atoms with van der Waals surface area (Å²) in [4.78, 5) is 31.1. The van der Waals surface area contributed by atoms with Crippen LogP contribution in [0.1, 0.15) is 49.2 Å². The lowest BCUT2D eigenvalue weighted by molar-refractivity contribution is -0.205. The molecule has 3 rings (SSSR count). The smallest absolute Gasteiger partial charge is 0.322 e. The summed E-state index contributed by atoms with van der Waals surface area (Å²) in [7, 11) is 0. The highest BCUT2D eigenvalue weighted by molar-refractivity contribution is 5.96. The first kappa shape index (κ1) is 23.9. The van der Waals surface area contributed by atoms with E-state index in [2.05, 4.69) is 54.3 Å². The highest BCUT2D eigenvalue weighted by atomic mass is 16.7. The van der Waals surface area contributed by atoms with Gasteiger partial charge in [-0.2, -0.15) is 0 Å². The molecule has 1 unspecified atom stereocenters. The number of nitrogens with one attached hydrogen (secondary N) is 1. The van der Waals surface area contributed by atoms with E-state index in [1.807, 2.05) is 0 Å². The molecule has 0 saturated carbocycles. The standard InChI is InChI=1S/C23H31N3O6/c1-13-21(29)20(22(30)24-10-18(27)28)26-17(25-13)9-19-31-11-15(12-32-19)14-5-7-16(8-6-14)23(2,3)4/h5,7-8,14-15,19,29H,6,9-12H2,1-4H3,(H,24,30)(H,27,28)/t14?,15-,19-. The van der Waals surface area contributed by atoms with Crippen LogP contribution in [0.25, 0.3) is 0 Å². The van der Waals surface area contributed by atoms with Gasteiger partial charge in [-0.3, -0.25) is 9.59 Å². The Labute approximate surface area is 187 Å². The Morgan fingerprint density at radius 3 is 2.47 bits per heavy atom. The van der Waals surface area contributed by atoms with Gasteiger partial charge in [-0.1, -0.05) is 39.0 Å². The van der Waals surface area contributed by atoms with Crippen molar-refractivity contribution in [3.8, 4) is 5.75 Å². The van der Waals surface area contributed by atoms with Gasteiger partial charge in [0.15, 0.2) is 17.7 Å². The minimum Gasteiger partial charge on any atom is -0.504 e. The zero-order valence-electron chi connectivity index (χ0n) is 18.9. The maximum atomic E-state index is 12.2. The molecule has 1 aliphatic carbocycles. The molecule has 32 heavy (non-hydrogen) atoms. The first-order chi connectivity index (χ1) is 15.0. The Hall–Kier alpha value is -2.78. The van der Waals surface area contributed by atoms with Crippen molar-refractivity contribution < 1.29 is 29.3 Å². The zero-order chi connectivity index (χ0) is 23.5. The van der Waals surface area contributed by atoms with E-state index in [9.17, 15) is 14.7 Å². The number of aliphatic carboxylic acids is 1. The average molecular weight is 446 g/mol. The molecule has 2 heterocycles. The van der Waals surface area contributed by atoms with Crippen LogP contribution in [0.2, 0.25) is 0 Å². The summed E-state index contributed by atoms with van der Waals surface area (Å²) in [5.74, 6) is -1.47. The number of hydrogen-bond donors (Lipinski definition) is 3. The average Bonchev–Trinajstić information content (AvgIpc) is 2.74. The first-order valence-corrected chi connectivity index (χ1v) is 10.7. The first-order valence-electron chi connectivity index (χ1n) is 10.7. The van der Waals surface area contributed by atoms with E-state index >= 15 is 0 Å². The van der Waals surface area contributed by atoms with E-state index in [1.54, 1.807) is 6.92 Å². The number of aryl methyl sites for hydroxylation is 1. The summed E-state index contributed by atoms with van der Waals surface area (Å²) < 4.78 is 11.8. The van der Waals surface area contributed by atoms with Crippen LogP contribution in [0, 0.1) is 24.2 Å². The molecule has 0 spiro atoms. The molecule has 0 aromatic carbocycles. The molecular weight excluding hydrogens is 414 g/mol. The largest absolute Gasteiger partial charge is 0.504 e. The van der Waals surface area contributed by atoms with Crippen LogP contribution >= 0.6 is 0 Å². The highest BCUT2D eigenvalue weighted by Crippen LogP contribution is 2.34. The van der Waals surface area contributed by atoms with Gasteiger partial charge in [0.2, 0.25) is 0 Å². The number of aromatic nitrogens is 2. The van der Waals surface area contributed by atoms with Crippen molar-refractivity contribution in [3.05, 3.63) is 41.0 Å². The van der Waals surface area contributed by atoms with Gasteiger partial charge < -0.3 is 25.0 Å². The van der Waals surface area contributed by atoms with Crippen LogP contribution in [-0.4, -0.2) is 58.1 Å². The molecule has 0 radical (unpaired) electrons. The molecule has 9 nitrogen and oxygen atoms in total. The molecule has 2 aliphatic rings. The Morgan fingerprint density at radius 2 is 1.91 bits per heavy atom. The van der Waals surface area contributed by atoms with Crippen molar-refractivity contribution in [1.29, 1.82) is 0 Å². The molecule has 9 heteroatoms. The van der Waals surface area contributed by atoms with E-state index in [0.29, 0.717) is 19.1 Å². The highest BCUT2D eigenvalue weighted by Gasteiger charge is 2.30. The summed E-state index contributed by atoms with van der Waals surface area (Å²) in [6.45, 7) is 8.67. The molecule has 1 amide bonds. The minimum absolute atomic E-state index is 0.137. The number of ether oxygens (including phenoxy) is 2. The van der Waals surface area contributed by atoms with Gasteiger partial charge in [0.1, 0.15) is 12.4 Å². The van der Waals surface area contributed by atoms with Crippen LogP contribution in [-0.2, 0) is 20.7 Å². The number of rotatable bonds is 6. The molecule has 1 saturated heterocycles.